The highest BCUT2D eigenvalue weighted by atomic mass is 32.2. The number of sulfonamides is 1. The largest absolute Gasteiger partial charge is 0.342 e. The number of piperazine rings is 2. The molecule has 1 aromatic rings. The van der Waals surface area contributed by atoms with Crippen LogP contribution < -0.4 is 0 Å². The van der Waals surface area contributed by atoms with Gasteiger partial charge < -0.3 is 9.80 Å². The molecular formula is C22H31F2N5O4S. The van der Waals surface area contributed by atoms with Gasteiger partial charge in [0.25, 0.3) is 0 Å². The molecule has 34 heavy (non-hydrogen) atoms. The van der Waals surface area contributed by atoms with Gasteiger partial charge in [0.2, 0.25) is 21.8 Å². The smallest absolute Gasteiger partial charge is 0.243 e. The predicted molar refractivity (Wildman–Crippen MR) is 120 cm³/mol. The molecule has 3 fully saturated rings. The predicted octanol–water partition coefficient (Wildman–Crippen LogP) is 0.0377. The molecule has 4 rings (SSSR count). The van der Waals surface area contributed by atoms with E-state index in [4.69, 9.17) is 0 Å². The van der Waals surface area contributed by atoms with Crippen LogP contribution in [0.2, 0.25) is 0 Å². The molecule has 12 heteroatoms. The molecule has 188 valence electrons. The third kappa shape index (κ3) is 5.73. The average Bonchev–Trinajstić information content (AvgIpc) is 3.37. The van der Waals surface area contributed by atoms with Crippen LogP contribution in [0.15, 0.2) is 23.1 Å². The van der Waals surface area contributed by atoms with Gasteiger partial charge in [-0.25, -0.2) is 17.2 Å². The molecule has 1 aromatic carbocycles. The maximum atomic E-state index is 13.5. The number of rotatable bonds is 6. The van der Waals surface area contributed by atoms with Gasteiger partial charge in [0.05, 0.1) is 18.0 Å². The van der Waals surface area contributed by atoms with E-state index in [0.29, 0.717) is 25.7 Å². The van der Waals surface area contributed by atoms with Crippen molar-refractivity contribution in [1.29, 1.82) is 0 Å². The van der Waals surface area contributed by atoms with Crippen LogP contribution in [-0.4, -0.2) is 123 Å². The molecule has 9 nitrogen and oxygen atoms in total. The fraction of sp³-hybridized carbons (Fsp3) is 0.636. The van der Waals surface area contributed by atoms with Crippen LogP contribution in [-0.2, 0) is 19.6 Å². The number of likely N-dealkylation sites (tertiary alicyclic amines) is 1. The quantitative estimate of drug-likeness (QED) is 0.550. The third-order valence-electron chi connectivity index (χ3n) is 6.76. The van der Waals surface area contributed by atoms with Crippen LogP contribution >= 0.6 is 0 Å². The maximum Gasteiger partial charge on any atom is 0.243 e. The standard InChI is InChI=1S/C22H31F2N5O4S/c23-19-4-3-18(15-20(19)24)34(32,33)29-13-11-28(12-14-29)22(31)17-26-9-7-25(8-10-26)16-21(30)27-5-1-2-6-27/h3-4,15H,1-2,5-14,16-17H2. The Morgan fingerprint density at radius 3 is 1.71 bits per heavy atom. The Hall–Kier alpha value is -2.15. The van der Waals surface area contributed by atoms with E-state index in [9.17, 15) is 26.8 Å². The molecule has 0 spiro atoms. The summed E-state index contributed by atoms with van der Waals surface area (Å²) in [6, 6.07) is 2.52. The van der Waals surface area contributed by atoms with Gasteiger partial charge in [-0.2, -0.15) is 4.31 Å². The molecule has 0 aliphatic carbocycles. The second-order valence-electron chi connectivity index (χ2n) is 9.00. The minimum absolute atomic E-state index is 0.0635. The summed E-state index contributed by atoms with van der Waals surface area (Å²) < 4.78 is 53.3. The van der Waals surface area contributed by atoms with Crippen molar-refractivity contribution in [2.45, 2.75) is 17.7 Å². The van der Waals surface area contributed by atoms with E-state index >= 15 is 0 Å². The first kappa shape index (κ1) is 25.0. The van der Waals surface area contributed by atoms with Crippen LogP contribution in [0.4, 0.5) is 8.78 Å². The van der Waals surface area contributed by atoms with E-state index in [-0.39, 0.29) is 49.4 Å². The number of hydrogen-bond donors (Lipinski definition) is 0. The lowest BCUT2D eigenvalue weighted by Crippen LogP contribution is -2.55. The van der Waals surface area contributed by atoms with Gasteiger partial charge in [-0.05, 0) is 31.0 Å². The number of benzene rings is 1. The number of carbonyl (C=O) groups is 2. The Morgan fingerprint density at radius 1 is 0.706 bits per heavy atom. The van der Waals surface area contributed by atoms with E-state index < -0.39 is 21.7 Å². The van der Waals surface area contributed by atoms with Gasteiger partial charge in [-0.3, -0.25) is 19.4 Å². The minimum Gasteiger partial charge on any atom is -0.342 e. The second-order valence-corrected chi connectivity index (χ2v) is 10.9. The van der Waals surface area contributed by atoms with Gasteiger partial charge in [0, 0.05) is 65.4 Å². The molecule has 0 aromatic heterocycles. The van der Waals surface area contributed by atoms with E-state index in [1.165, 1.54) is 4.31 Å². The second kappa shape index (κ2) is 10.6. The molecule has 0 saturated carbocycles. The first-order valence-electron chi connectivity index (χ1n) is 11.7. The number of carbonyl (C=O) groups excluding carboxylic acids is 2. The van der Waals surface area contributed by atoms with Gasteiger partial charge >= 0.3 is 0 Å². The Kier molecular flexibility index (Phi) is 7.80. The summed E-state index contributed by atoms with van der Waals surface area (Å²) >= 11 is 0. The molecule has 0 unspecified atom stereocenters. The summed E-state index contributed by atoms with van der Waals surface area (Å²) in [7, 11) is -3.96. The van der Waals surface area contributed by atoms with Crippen molar-refractivity contribution in [3.63, 3.8) is 0 Å². The molecule has 0 radical (unpaired) electrons. The van der Waals surface area contributed by atoms with Crippen LogP contribution in [0.25, 0.3) is 0 Å². The zero-order valence-electron chi connectivity index (χ0n) is 19.2. The van der Waals surface area contributed by atoms with E-state index in [1.54, 1.807) is 4.90 Å². The zero-order valence-corrected chi connectivity index (χ0v) is 20.0. The Labute approximate surface area is 198 Å². The Bertz CT molecular complexity index is 1000. The van der Waals surface area contributed by atoms with Crippen molar-refractivity contribution in [3.8, 4) is 0 Å². The molecule has 0 N–H and O–H groups in total. The molecule has 0 atom stereocenters. The summed E-state index contributed by atoms with van der Waals surface area (Å²) in [5.41, 5.74) is 0. The summed E-state index contributed by atoms with van der Waals surface area (Å²) in [4.78, 5) is 32.5. The fourth-order valence-electron chi connectivity index (χ4n) is 4.62. The van der Waals surface area contributed by atoms with Crippen molar-refractivity contribution in [1.82, 2.24) is 23.9 Å². The monoisotopic (exact) mass is 499 g/mol. The topological polar surface area (TPSA) is 84.5 Å². The fourth-order valence-corrected chi connectivity index (χ4v) is 6.05. The normalized spacial score (nSPS) is 21.2. The maximum absolute atomic E-state index is 13.5. The molecule has 3 saturated heterocycles. The average molecular weight is 500 g/mol. The highest BCUT2D eigenvalue weighted by Gasteiger charge is 2.32. The lowest BCUT2D eigenvalue weighted by molar-refractivity contribution is -0.135. The van der Waals surface area contributed by atoms with Crippen molar-refractivity contribution in [3.05, 3.63) is 29.8 Å². The summed E-state index contributed by atoms with van der Waals surface area (Å²) in [5, 5.41) is 0. The lowest BCUT2D eigenvalue weighted by Gasteiger charge is -2.37. The summed E-state index contributed by atoms with van der Waals surface area (Å²) in [5.74, 6) is -2.20. The molecule has 3 aliphatic rings. The SMILES string of the molecule is O=C(CN1CCN(CC(=O)N2CCN(S(=O)(=O)c3ccc(F)c(F)c3)CC2)CC1)N1CCCC1. The minimum atomic E-state index is -3.96. The van der Waals surface area contributed by atoms with E-state index in [2.05, 4.69) is 9.80 Å². The van der Waals surface area contributed by atoms with Crippen molar-refractivity contribution < 1.29 is 26.8 Å². The molecule has 2 amide bonds. The highest BCUT2D eigenvalue weighted by Crippen LogP contribution is 2.20. The molecule has 3 aliphatic heterocycles. The van der Waals surface area contributed by atoms with E-state index in [1.807, 2.05) is 4.90 Å². The van der Waals surface area contributed by atoms with Crippen molar-refractivity contribution >= 4 is 21.8 Å². The lowest BCUT2D eigenvalue weighted by atomic mass is 10.3. The third-order valence-corrected chi connectivity index (χ3v) is 8.66. The number of halogens is 2. The molecule has 3 heterocycles. The number of amides is 2. The summed E-state index contributed by atoms with van der Waals surface area (Å²) in [6.45, 7) is 5.91. The Balaban J connectivity index is 1.21. The molecule has 0 bridgehead atoms. The van der Waals surface area contributed by atoms with E-state index in [0.717, 1.165) is 51.2 Å². The number of nitrogens with zero attached hydrogens (tertiary/aromatic N) is 5. The van der Waals surface area contributed by atoms with Gasteiger partial charge in [-0.15, -0.1) is 0 Å². The van der Waals surface area contributed by atoms with Crippen LogP contribution in [0.1, 0.15) is 12.8 Å². The summed E-state index contributed by atoms with van der Waals surface area (Å²) in [6.07, 6.45) is 2.15. The first-order chi connectivity index (χ1) is 16.2. The highest BCUT2D eigenvalue weighted by molar-refractivity contribution is 7.89. The van der Waals surface area contributed by atoms with Gasteiger partial charge in [-0.1, -0.05) is 0 Å². The molecular weight excluding hydrogens is 468 g/mol. The van der Waals surface area contributed by atoms with Gasteiger partial charge in [0.1, 0.15) is 0 Å². The van der Waals surface area contributed by atoms with Crippen molar-refractivity contribution in [2.24, 2.45) is 0 Å². The van der Waals surface area contributed by atoms with Crippen molar-refractivity contribution in [2.75, 3.05) is 78.5 Å². The number of hydrogen-bond acceptors (Lipinski definition) is 6. The van der Waals surface area contributed by atoms with Gasteiger partial charge in [0.15, 0.2) is 11.6 Å². The Morgan fingerprint density at radius 2 is 1.21 bits per heavy atom. The van der Waals surface area contributed by atoms with Crippen LogP contribution in [0.3, 0.4) is 0 Å². The first-order valence-corrected chi connectivity index (χ1v) is 13.1. The van der Waals surface area contributed by atoms with Crippen LogP contribution in [0.5, 0.6) is 0 Å². The van der Waals surface area contributed by atoms with Crippen LogP contribution in [0, 0.1) is 11.6 Å². The zero-order chi connectivity index (χ0) is 24.3.